The average molecular weight is 393 g/mol. The molecule has 0 atom stereocenters. The van der Waals surface area contributed by atoms with Crippen LogP contribution in [0.25, 0.3) is 11.1 Å². The van der Waals surface area contributed by atoms with E-state index in [4.69, 9.17) is 9.84 Å². The Labute approximate surface area is 165 Å². The van der Waals surface area contributed by atoms with E-state index in [1.165, 1.54) is 0 Å². The number of carboxylic acid groups (broad SMARTS) is 1. The summed E-state index contributed by atoms with van der Waals surface area (Å²) in [7, 11) is 0. The van der Waals surface area contributed by atoms with Crippen LogP contribution < -0.4 is 5.32 Å². The summed E-state index contributed by atoms with van der Waals surface area (Å²) >= 11 is 0. The molecule has 3 aromatic rings. The molecule has 1 amide bonds. The molecule has 0 bridgehead atoms. The van der Waals surface area contributed by atoms with E-state index in [0.717, 1.165) is 34.4 Å². The third kappa shape index (κ3) is 3.38. The summed E-state index contributed by atoms with van der Waals surface area (Å²) in [6.07, 6.45) is -0.839. The first-order valence-electron chi connectivity index (χ1n) is 8.83. The van der Waals surface area contributed by atoms with Crippen molar-refractivity contribution in [3.8, 4) is 16.9 Å². The predicted octanol–water partition coefficient (Wildman–Crippen LogP) is 4.59. The minimum Gasteiger partial charge on any atom is -0.505 e. The second-order valence-electron chi connectivity index (χ2n) is 6.61. The second-order valence-corrected chi connectivity index (χ2v) is 6.61. The van der Waals surface area contributed by atoms with Gasteiger partial charge in [0.1, 0.15) is 12.2 Å². The number of carbonyl (C=O) groups is 2. The predicted molar refractivity (Wildman–Crippen MR) is 104 cm³/mol. The lowest BCUT2D eigenvalue weighted by Crippen LogP contribution is -2.18. The van der Waals surface area contributed by atoms with Crippen molar-refractivity contribution < 1.29 is 28.9 Å². The number of carbonyl (C=O) groups excluding carboxylic acids is 1. The number of benzene rings is 3. The number of hydrogen-bond donors (Lipinski definition) is 3. The number of ether oxygens (including phenoxy) is 1. The smallest absolute Gasteiger partial charge is 0.411 e. The number of aromatic hydroxyl groups is 1. The Morgan fingerprint density at radius 2 is 1.59 bits per heavy atom. The maximum atomic E-state index is 13.6. The molecule has 0 saturated heterocycles. The first-order chi connectivity index (χ1) is 14.0. The minimum atomic E-state index is -1.56. The van der Waals surface area contributed by atoms with Crippen molar-refractivity contribution in [3.63, 3.8) is 0 Å². The van der Waals surface area contributed by atoms with Gasteiger partial charge in [-0.3, -0.25) is 5.32 Å². The van der Waals surface area contributed by atoms with Gasteiger partial charge in [-0.25, -0.2) is 14.0 Å². The Bertz CT molecular complexity index is 1080. The van der Waals surface area contributed by atoms with Gasteiger partial charge in [0.2, 0.25) is 0 Å². The number of halogens is 1. The number of phenols is 1. The third-order valence-electron chi connectivity index (χ3n) is 4.87. The molecule has 29 heavy (non-hydrogen) atoms. The molecule has 0 saturated carbocycles. The van der Waals surface area contributed by atoms with Crippen LogP contribution in [0.1, 0.15) is 27.4 Å². The summed E-state index contributed by atoms with van der Waals surface area (Å²) < 4.78 is 19.0. The van der Waals surface area contributed by atoms with Crippen molar-refractivity contribution >= 4 is 17.7 Å². The topological polar surface area (TPSA) is 95.9 Å². The molecule has 3 aromatic carbocycles. The maximum Gasteiger partial charge on any atom is 0.411 e. The van der Waals surface area contributed by atoms with Crippen molar-refractivity contribution in [2.45, 2.75) is 5.92 Å². The fourth-order valence-corrected chi connectivity index (χ4v) is 3.59. The normalized spacial score (nSPS) is 12.2. The third-order valence-corrected chi connectivity index (χ3v) is 4.87. The minimum absolute atomic E-state index is 0.0683. The summed E-state index contributed by atoms with van der Waals surface area (Å²) in [6.45, 7) is 0.0683. The van der Waals surface area contributed by atoms with Crippen molar-refractivity contribution in [2.75, 3.05) is 11.9 Å². The van der Waals surface area contributed by atoms with Crippen LogP contribution in [-0.4, -0.2) is 28.9 Å². The Hall–Kier alpha value is -3.87. The Morgan fingerprint density at radius 1 is 1.00 bits per heavy atom. The van der Waals surface area contributed by atoms with Gasteiger partial charge >= 0.3 is 12.1 Å². The van der Waals surface area contributed by atoms with E-state index in [0.29, 0.717) is 0 Å². The molecule has 0 aromatic heterocycles. The zero-order valence-corrected chi connectivity index (χ0v) is 15.1. The van der Waals surface area contributed by atoms with Gasteiger partial charge < -0.3 is 14.9 Å². The number of aromatic carboxylic acids is 1. The largest absolute Gasteiger partial charge is 0.505 e. The van der Waals surface area contributed by atoms with Crippen molar-refractivity contribution in [1.82, 2.24) is 0 Å². The molecule has 0 heterocycles. The fourth-order valence-electron chi connectivity index (χ4n) is 3.59. The van der Waals surface area contributed by atoms with Crippen LogP contribution in [0.4, 0.5) is 14.9 Å². The molecule has 6 nitrogen and oxygen atoms in total. The van der Waals surface area contributed by atoms with E-state index < -0.39 is 29.2 Å². The molecule has 7 heteroatoms. The summed E-state index contributed by atoms with van der Waals surface area (Å²) in [5.41, 5.74) is 3.44. The number of carboxylic acids is 1. The molecule has 1 aliphatic carbocycles. The van der Waals surface area contributed by atoms with Crippen LogP contribution in [0.3, 0.4) is 0 Å². The van der Waals surface area contributed by atoms with Gasteiger partial charge in [0.05, 0.1) is 0 Å². The number of anilines is 1. The van der Waals surface area contributed by atoms with Gasteiger partial charge in [0, 0.05) is 17.7 Å². The Balaban J connectivity index is 1.51. The lowest BCUT2D eigenvalue weighted by Gasteiger charge is -2.15. The lowest BCUT2D eigenvalue weighted by atomic mass is 9.98. The molecular formula is C22H16FNO5. The Morgan fingerprint density at radius 3 is 2.17 bits per heavy atom. The quantitative estimate of drug-likeness (QED) is 0.603. The van der Waals surface area contributed by atoms with Crippen LogP contribution in [0.15, 0.2) is 60.7 Å². The molecule has 1 aliphatic rings. The molecule has 0 radical (unpaired) electrons. The number of hydrogen-bond acceptors (Lipinski definition) is 4. The monoisotopic (exact) mass is 393 g/mol. The highest BCUT2D eigenvalue weighted by molar-refractivity contribution is 5.92. The standard InChI is InChI=1S/C22H16FNO5/c23-20-17(21(26)27)9-12(10-19(20)25)24-22(28)29-11-18-15-7-3-1-5-13(15)14-6-2-4-8-16(14)18/h1-10,18,25H,11H2,(H,24,28)(H,26,27). The van der Waals surface area contributed by atoms with Gasteiger partial charge in [-0.05, 0) is 28.3 Å². The molecule has 0 spiro atoms. The van der Waals surface area contributed by atoms with E-state index in [2.05, 4.69) is 5.32 Å². The van der Waals surface area contributed by atoms with Gasteiger partial charge in [-0.15, -0.1) is 0 Å². The molecule has 146 valence electrons. The van der Waals surface area contributed by atoms with E-state index in [1.54, 1.807) is 0 Å². The zero-order valence-electron chi connectivity index (χ0n) is 15.1. The average Bonchev–Trinajstić information content (AvgIpc) is 3.03. The number of phenolic OH excluding ortho intramolecular Hbond substituents is 1. The van der Waals surface area contributed by atoms with Crippen molar-refractivity contribution in [1.29, 1.82) is 0 Å². The van der Waals surface area contributed by atoms with E-state index >= 15 is 0 Å². The summed E-state index contributed by atoms with van der Waals surface area (Å²) in [4.78, 5) is 23.3. The van der Waals surface area contributed by atoms with Crippen LogP contribution in [0.5, 0.6) is 5.75 Å². The highest BCUT2D eigenvalue weighted by Crippen LogP contribution is 2.44. The van der Waals surface area contributed by atoms with Gasteiger partial charge in [-0.1, -0.05) is 48.5 Å². The Kier molecular flexibility index (Phi) is 4.64. The SMILES string of the molecule is O=C(Nc1cc(O)c(F)c(C(=O)O)c1)OCC1c2ccccc2-c2ccccc21. The molecule has 0 aliphatic heterocycles. The molecule has 0 fully saturated rings. The summed E-state index contributed by atoms with van der Waals surface area (Å²) in [5, 5.41) is 20.8. The first kappa shape index (κ1) is 18.5. The fraction of sp³-hybridized carbons (Fsp3) is 0.0909. The summed E-state index contributed by atoms with van der Waals surface area (Å²) in [5.74, 6) is -3.84. The molecule has 0 unspecified atom stereocenters. The van der Waals surface area contributed by atoms with Crippen molar-refractivity contribution in [3.05, 3.63) is 83.2 Å². The number of amides is 1. The second kappa shape index (κ2) is 7.27. The molecule has 3 N–H and O–H groups in total. The highest BCUT2D eigenvalue weighted by Gasteiger charge is 2.29. The van der Waals surface area contributed by atoms with Crippen LogP contribution in [0.2, 0.25) is 0 Å². The number of rotatable bonds is 4. The first-order valence-corrected chi connectivity index (χ1v) is 8.83. The van der Waals surface area contributed by atoms with Gasteiger partial charge in [0.15, 0.2) is 11.6 Å². The zero-order chi connectivity index (χ0) is 20.5. The number of fused-ring (bicyclic) bond motifs is 3. The summed E-state index contributed by atoms with van der Waals surface area (Å²) in [6, 6.07) is 17.6. The van der Waals surface area contributed by atoms with Crippen molar-refractivity contribution in [2.24, 2.45) is 0 Å². The maximum absolute atomic E-state index is 13.6. The van der Waals surface area contributed by atoms with E-state index in [1.807, 2.05) is 48.5 Å². The van der Waals surface area contributed by atoms with E-state index in [9.17, 15) is 19.1 Å². The van der Waals surface area contributed by atoms with E-state index in [-0.39, 0.29) is 18.2 Å². The highest BCUT2D eigenvalue weighted by atomic mass is 19.1. The number of nitrogens with one attached hydrogen (secondary N) is 1. The molecule has 4 rings (SSSR count). The molecular weight excluding hydrogens is 377 g/mol. The van der Waals surface area contributed by atoms with Gasteiger partial charge in [-0.2, -0.15) is 0 Å². The van der Waals surface area contributed by atoms with Crippen LogP contribution in [-0.2, 0) is 4.74 Å². The lowest BCUT2D eigenvalue weighted by molar-refractivity contribution is 0.0690. The van der Waals surface area contributed by atoms with Gasteiger partial charge in [0.25, 0.3) is 0 Å². The van der Waals surface area contributed by atoms with Crippen LogP contribution in [0, 0.1) is 5.82 Å². The van der Waals surface area contributed by atoms with Crippen LogP contribution >= 0.6 is 0 Å².